The standard InChI is InChI=1S/C22H28NO5P/c1-4-20(5-2)13-9-6-7-12-16-27-29(25,26)28-18-22(23-19(3)24)17-21-14-10-8-11-15-21/h21-22H,1,5,8,10-11,14-15,17-18H2,2-3H3,(H,23,24)(H,25,26)/p-1. The lowest BCUT2D eigenvalue weighted by molar-refractivity contribution is -0.220. The Morgan fingerprint density at radius 1 is 1.24 bits per heavy atom. The first-order valence-corrected chi connectivity index (χ1v) is 11.1. The third kappa shape index (κ3) is 11.9. The Labute approximate surface area is 173 Å². The van der Waals surface area contributed by atoms with Crippen LogP contribution in [0.15, 0.2) is 17.9 Å². The van der Waals surface area contributed by atoms with Crippen LogP contribution in [0.25, 0.3) is 0 Å². The number of amides is 1. The number of carbonyl (C=O) groups is 1. The minimum Gasteiger partial charge on any atom is -0.746 e. The summed E-state index contributed by atoms with van der Waals surface area (Å²) >= 11 is 0. The molecule has 1 amide bonds. The van der Waals surface area contributed by atoms with E-state index in [0.29, 0.717) is 18.8 Å². The summed E-state index contributed by atoms with van der Waals surface area (Å²) in [5.74, 6) is 12.6. The molecule has 0 radical (unpaired) electrons. The zero-order valence-electron chi connectivity index (χ0n) is 17.0. The number of allylic oxidation sites excluding steroid dienone is 1. The normalized spacial score (nSPS) is 16.1. The Morgan fingerprint density at radius 2 is 1.93 bits per heavy atom. The number of nitrogens with one attached hydrogen (secondary N) is 1. The highest BCUT2D eigenvalue weighted by atomic mass is 31.2. The number of hydrogen-bond acceptors (Lipinski definition) is 5. The van der Waals surface area contributed by atoms with Crippen LogP contribution < -0.4 is 10.2 Å². The lowest BCUT2D eigenvalue weighted by atomic mass is 9.85. The van der Waals surface area contributed by atoms with Gasteiger partial charge in [0.25, 0.3) is 0 Å². The van der Waals surface area contributed by atoms with Gasteiger partial charge >= 0.3 is 7.82 Å². The Balaban J connectivity index is 2.54. The van der Waals surface area contributed by atoms with Crippen molar-refractivity contribution in [1.82, 2.24) is 5.32 Å². The molecule has 1 rings (SSSR count). The van der Waals surface area contributed by atoms with Gasteiger partial charge in [-0.2, -0.15) is 0 Å². The van der Waals surface area contributed by atoms with Crippen molar-refractivity contribution >= 4 is 13.7 Å². The van der Waals surface area contributed by atoms with Crippen molar-refractivity contribution in [3.05, 3.63) is 17.9 Å². The van der Waals surface area contributed by atoms with Gasteiger partial charge in [-0.1, -0.05) is 45.6 Å². The molecule has 0 aromatic rings. The van der Waals surface area contributed by atoms with Gasteiger partial charge in [0.1, 0.15) is 6.11 Å². The van der Waals surface area contributed by atoms with Crippen LogP contribution in [-0.4, -0.2) is 18.6 Å². The lowest BCUT2D eigenvalue weighted by Crippen LogP contribution is -2.38. The molecule has 2 atom stereocenters. The van der Waals surface area contributed by atoms with E-state index in [4.69, 9.17) is 4.52 Å². The predicted molar refractivity (Wildman–Crippen MR) is 110 cm³/mol. The van der Waals surface area contributed by atoms with Gasteiger partial charge in [0, 0.05) is 24.3 Å². The molecule has 0 heterocycles. The van der Waals surface area contributed by atoms with E-state index in [9.17, 15) is 14.3 Å². The second-order valence-corrected chi connectivity index (χ2v) is 8.04. The Kier molecular flexibility index (Phi) is 11.7. The topological polar surface area (TPSA) is 87.7 Å². The fourth-order valence-electron chi connectivity index (χ4n) is 3.02. The summed E-state index contributed by atoms with van der Waals surface area (Å²) in [4.78, 5) is 23.2. The first kappa shape index (κ1) is 24.7. The Hall–Kier alpha value is -2.38. The molecule has 0 spiro atoms. The first-order chi connectivity index (χ1) is 13.9. The van der Waals surface area contributed by atoms with Crippen molar-refractivity contribution in [1.29, 1.82) is 0 Å². The summed E-state index contributed by atoms with van der Waals surface area (Å²) in [7, 11) is -4.63. The van der Waals surface area contributed by atoms with Gasteiger partial charge < -0.3 is 19.3 Å². The average Bonchev–Trinajstić information content (AvgIpc) is 2.69. The number of hydrogen-bond donors (Lipinski definition) is 1. The zero-order chi connectivity index (χ0) is 21.5. The number of phosphoric ester groups is 1. The van der Waals surface area contributed by atoms with Crippen LogP contribution in [0.3, 0.4) is 0 Å². The van der Waals surface area contributed by atoms with Crippen LogP contribution in [0.4, 0.5) is 0 Å². The quantitative estimate of drug-likeness (QED) is 0.373. The van der Waals surface area contributed by atoms with Crippen LogP contribution in [-0.2, 0) is 18.4 Å². The summed E-state index contributed by atoms with van der Waals surface area (Å²) in [5, 5.41) is 2.74. The molecule has 1 saturated carbocycles. The fourth-order valence-corrected chi connectivity index (χ4v) is 3.59. The van der Waals surface area contributed by atoms with E-state index in [1.165, 1.54) is 13.3 Å². The Bertz CT molecular complexity index is 834. The Morgan fingerprint density at radius 3 is 2.55 bits per heavy atom. The van der Waals surface area contributed by atoms with Gasteiger partial charge in [-0.3, -0.25) is 9.36 Å². The average molecular weight is 416 g/mol. The third-order valence-electron chi connectivity index (χ3n) is 4.36. The van der Waals surface area contributed by atoms with Crippen LogP contribution in [0.5, 0.6) is 0 Å². The van der Waals surface area contributed by atoms with Gasteiger partial charge in [0.05, 0.1) is 12.6 Å². The van der Waals surface area contributed by atoms with Crippen molar-refractivity contribution in [2.24, 2.45) is 5.92 Å². The highest BCUT2D eigenvalue weighted by Crippen LogP contribution is 2.38. The lowest BCUT2D eigenvalue weighted by Gasteiger charge is -2.28. The van der Waals surface area contributed by atoms with Crippen LogP contribution >= 0.6 is 7.82 Å². The molecule has 1 N–H and O–H groups in total. The van der Waals surface area contributed by atoms with Crippen molar-refractivity contribution in [3.63, 3.8) is 0 Å². The van der Waals surface area contributed by atoms with Gasteiger partial charge in [0.15, 0.2) is 0 Å². The number of rotatable bonds is 8. The fraction of sp³-hybridized carbons (Fsp3) is 0.545. The zero-order valence-corrected chi connectivity index (χ0v) is 17.9. The summed E-state index contributed by atoms with van der Waals surface area (Å²) in [5.41, 5.74) is 3.40. The molecule has 1 aliphatic carbocycles. The van der Waals surface area contributed by atoms with Gasteiger partial charge in [-0.15, -0.1) is 5.73 Å². The molecular formula is C22H27NO5P-. The van der Waals surface area contributed by atoms with E-state index in [-0.39, 0.29) is 12.5 Å². The second kappa shape index (κ2) is 13.7. The first-order valence-electron chi connectivity index (χ1n) is 9.67. The molecule has 0 aromatic carbocycles. The molecule has 0 aliphatic heterocycles. The highest BCUT2D eigenvalue weighted by Gasteiger charge is 2.22. The van der Waals surface area contributed by atoms with Gasteiger partial charge in [-0.25, -0.2) is 0 Å². The molecule has 156 valence electrons. The maximum absolute atomic E-state index is 11.8. The molecule has 0 bridgehead atoms. The van der Waals surface area contributed by atoms with Crippen molar-refractivity contribution < 1.29 is 23.3 Å². The third-order valence-corrected chi connectivity index (χ3v) is 5.14. The minimum absolute atomic E-state index is 0.191. The van der Waals surface area contributed by atoms with Crippen molar-refractivity contribution in [2.45, 2.75) is 64.8 Å². The van der Waals surface area contributed by atoms with Crippen molar-refractivity contribution in [2.75, 3.05) is 6.61 Å². The van der Waals surface area contributed by atoms with Crippen LogP contribution in [0.1, 0.15) is 58.8 Å². The van der Waals surface area contributed by atoms with E-state index in [1.807, 2.05) is 13.0 Å². The smallest absolute Gasteiger partial charge is 0.328 e. The van der Waals surface area contributed by atoms with E-state index < -0.39 is 13.9 Å². The molecule has 1 fully saturated rings. The van der Waals surface area contributed by atoms with Crippen molar-refractivity contribution in [3.8, 4) is 35.7 Å². The van der Waals surface area contributed by atoms with Gasteiger partial charge in [-0.05, 0) is 36.5 Å². The minimum atomic E-state index is -4.63. The monoisotopic (exact) mass is 416 g/mol. The molecule has 29 heavy (non-hydrogen) atoms. The highest BCUT2D eigenvalue weighted by molar-refractivity contribution is 7.46. The van der Waals surface area contributed by atoms with E-state index in [1.54, 1.807) is 0 Å². The van der Waals surface area contributed by atoms with E-state index in [0.717, 1.165) is 31.3 Å². The maximum atomic E-state index is 11.8. The summed E-state index contributed by atoms with van der Waals surface area (Å²) < 4.78 is 21.2. The van der Waals surface area contributed by atoms with Crippen LogP contribution in [0, 0.1) is 41.6 Å². The number of phosphoric acid groups is 1. The van der Waals surface area contributed by atoms with Crippen LogP contribution in [0.2, 0.25) is 0 Å². The molecule has 6 nitrogen and oxygen atoms in total. The molecule has 7 heteroatoms. The molecule has 1 aliphatic rings. The predicted octanol–water partition coefficient (Wildman–Crippen LogP) is 3.05. The van der Waals surface area contributed by atoms with E-state index in [2.05, 4.69) is 51.8 Å². The molecular weight excluding hydrogens is 389 g/mol. The summed E-state index contributed by atoms with van der Waals surface area (Å²) in [6.07, 6.45) is 9.05. The number of carbonyl (C=O) groups excluding carboxylic acids is 1. The largest absolute Gasteiger partial charge is 0.746 e. The summed E-state index contributed by atoms with van der Waals surface area (Å²) in [6, 6.07) is -0.393. The van der Waals surface area contributed by atoms with Gasteiger partial charge in [0.2, 0.25) is 5.91 Å². The molecule has 2 unspecified atom stereocenters. The summed E-state index contributed by atoms with van der Waals surface area (Å²) in [6.45, 7) is 6.62. The SMILES string of the molecule is C=C=C(C#CC#CC#COP(=O)([O-])OCC(CC1CCCCC1)NC(C)=O)CC. The maximum Gasteiger partial charge on any atom is 0.328 e. The molecule has 0 aromatic heterocycles. The second-order valence-electron chi connectivity index (χ2n) is 6.71. The molecule has 0 saturated heterocycles. The van der Waals surface area contributed by atoms with E-state index >= 15 is 0 Å².